The van der Waals surface area contributed by atoms with Gasteiger partial charge in [-0.25, -0.2) is 0 Å². The zero-order chi connectivity index (χ0) is 10.7. The lowest BCUT2D eigenvalue weighted by Crippen LogP contribution is -2.17. The summed E-state index contributed by atoms with van der Waals surface area (Å²) in [6.07, 6.45) is 1.18. The van der Waals surface area contributed by atoms with Gasteiger partial charge in [0.1, 0.15) is 5.82 Å². The summed E-state index contributed by atoms with van der Waals surface area (Å²) in [5.74, 6) is 1.71. The van der Waals surface area contributed by atoms with Gasteiger partial charge in [0.2, 0.25) is 0 Å². The fourth-order valence-electron chi connectivity index (χ4n) is 1.65. The largest absolute Gasteiger partial charge is 0.366 e. The van der Waals surface area contributed by atoms with Crippen LogP contribution in [0, 0.1) is 12.8 Å². The molecule has 1 heterocycles. The summed E-state index contributed by atoms with van der Waals surface area (Å²) in [6.45, 7) is 8.74. The minimum absolute atomic E-state index is 0.490. The average Bonchev–Trinajstić information content (AvgIpc) is 2.28. The first-order chi connectivity index (χ1) is 6.49. The van der Waals surface area contributed by atoms with Crippen LogP contribution in [0.2, 0.25) is 0 Å². The lowest BCUT2D eigenvalue weighted by atomic mass is 10.1. The predicted octanol–water partition coefficient (Wildman–Crippen LogP) is 2.58. The van der Waals surface area contributed by atoms with Crippen molar-refractivity contribution in [3.05, 3.63) is 11.8 Å². The molecule has 0 saturated heterocycles. The SMILES string of the molecule is Cc1cc(NC(C)CC(C)C)nn1C. The van der Waals surface area contributed by atoms with Gasteiger partial charge in [-0.15, -0.1) is 0 Å². The number of aryl methyl sites for hydroxylation is 2. The minimum Gasteiger partial charge on any atom is -0.366 e. The van der Waals surface area contributed by atoms with Crippen LogP contribution >= 0.6 is 0 Å². The molecular weight excluding hydrogens is 174 g/mol. The van der Waals surface area contributed by atoms with E-state index in [-0.39, 0.29) is 0 Å². The summed E-state index contributed by atoms with van der Waals surface area (Å²) in [7, 11) is 1.97. The Morgan fingerprint density at radius 1 is 1.43 bits per heavy atom. The standard InChI is InChI=1S/C11H21N3/c1-8(2)6-9(3)12-11-7-10(4)14(5)13-11/h7-9H,6H2,1-5H3,(H,12,13). The second kappa shape index (κ2) is 4.49. The number of aromatic nitrogens is 2. The van der Waals surface area contributed by atoms with Crippen LogP contribution in [0.5, 0.6) is 0 Å². The van der Waals surface area contributed by atoms with Gasteiger partial charge < -0.3 is 5.32 Å². The molecule has 0 aromatic carbocycles. The van der Waals surface area contributed by atoms with E-state index in [1.54, 1.807) is 0 Å². The third-order valence-corrected chi connectivity index (χ3v) is 2.33. The Bertz CT molecular complexity index is 269. The predicted molar refractivity (Wildman–Crippen MR) is 60.5 cm³/mol. The molecule has 0 aliphatic carbocycles. The van der Waals surface area contributed by atoms with E-state index in [0.29, 0.717) is 6.04 Å². The Balaban J connectivity index is 2.51. The van der Waals surface area contributed by atoms with E-state index in [2.05, 4.69) is 44.2 Å². The highest BCUT2D eigenvalue weighted by Crippen LogP contribution is 2.12. The molecule has 0 spiro atoms. The van der Waals surface area contributed by atoms with E-state index in [1.807, 2.05) is 11.7 Å². The number of hydrogen-bond donors (Lipinski definition) is 1. The van der Waals surface area contributed by atoms with Crippen molar-refractivity contribution >= 4 is 5.82 Å². The third kappa shape index (κ3) is 3.05. The van der Waals surface area contributed by atoms with Crippen molar-refractivity contribution in [3.63, 3.8) is 0 Å². The molecule has 0 saturated carbocycles. The second-order valence-electron chi connectivity index (χ2n) is 4.47. The number of nitrogens with one attached hydrogen (secondary N) is 1. The van der Waals surface area contributed by atoms with Crippen LogP contribution in [0.15, 0.2) is 6.07 Å². The van der Waals surface area contributed by atoms with Crippen molar-refractivity contribution in [2.75, 3.05) is 5.32 Å². The van der Waals surface area contributed by atoms with Crippen molar-refractivity contribution in [2.45, 2.75) is 40.2 Å². The normalized spacial score (nSPS) is 13.3. The summed E-state index contributed by atoms with van der Waals surface area (Å²) < 4.78 is 1.89. The highest BCUT2D eigenvalue weighted by molar-refractivity contribution is 5.36. The fraction of sp³-hybridized carbons (Fsp3) is 0.727. The van der Waals surface area contributed by atoms with Crippen molar-refractivity contribution < 1.29 is 0 Å². The van der Waals surface area contributed by atoms with E-state index >= 15 is 0 Å². The molecule has 1 aromatic heterocycles. The van der Waals surface area contributed by atoms with Gasteiger partial charge in [0, 0.05) is 24.8 Å². The molecule has 0 aliphatic heterocycles. The van der Waals surface area contributed by atoms with Gasteiger partial charge in [0.15, 0.2) is 0 Å². The average molecular weight is 195 g/mol. The zero-order valence-corrected chi connectivity index (χ0v) is 9.83. The highest BCUT2D eigenvalue weighted by Gasteiger charge is 2.07. The maximum Gasteiger partial charge on any atom is 0.148 e. The third-order valence-electron chi connectivity index (χ3n) is 2.33. The highest BCUT2D eigenvalue weighted by atomic mass is 15.3. The molecule has 1 unspecified atom stereocenters. The van der Waals surface area contributed by atoms with Crippen molar-refractivity contribution in [3.8, 4) is 0 Å². The molecule has 1 rings (SSSR count). The van der Waals surface area contributed by atoms with Gasteiger partial charge in [-0.3, -0.25) is 4.68 Å². The molecule has 0 bridgehead atoms. The van der Waals surface area contributed by atoms with Crippen molar-refractivity contribution in [1.82, 2.24) is 9.78 Å². The van der Waals surface area contributed by atoms with E-state index in [4.69, 9.17) is 0 Å². The van der Waals surface area contributed by atoms with Gasteiger partial charge in [0.25, 0.3) is 0 Å². The number of rotatable bonds is 4. The molecule has 1 aromatic rings. The first kappa shape index (κ1) is 11.1. The van der Waals surface area contributed by atoms with Crippen LogP contribution < -0.4 is 5.32 Å². The van der Waals surface area contributed by atoms with E-state index in [1.165, 1.54) is 12.1 Å². The van der Waals surface area contributed by atoms with Gasteiger partial charge >= 0.3 is 0 Å². The molecule has 3 heteroatoms. The van der Waals surface area contributed by atoms with E-state index in [0.717, 1.165) is 11.7 Å². The number of hydrogen-bond acceptors (Lipinski definition) is 2. The Morgan fingerprint density at radius 3 is 2.50 bits per heavy atom. The quantitative estimate of drug-likeness (QED) is 0.800. The van der Waals surface area contributed by atoms with Gasteiger partial charge in [-0.05, 0) is 26.2 Å². The Kier molecular flexibility index (Phi) is 3.55. The zero-order valence-electron chi connectivity index (χ0n) is 9.83. The molecule has 3 nitrogen and oxygen atoms in total. The molecular formula is C11H21N3. The molecule has 0 fully saturated rings. The Morgan fingerprint density at radius 2 is 2.07 bits per heavy atom. The number of anilines is 1. The maximum atomic E-state index is 4.36. The molecule has 1 atom stereocenters. The first-order valence-electron chi connectivity index (χ1n) is 5.26. The van der Waals surface area contributed by atoms with Crippen molar-refractivity contribution in [2.24, 2.45) is 13.0 Å². The first-order valence-corrected chi connectivity index (χ1v) is 5.26. The Labute approximate surface area is 86.5 Å². The van der Waals surface area contributed by atoms with E-state index in [9.17, 15) is 0 Å². The second-order valence-corrected chi connectivity index (χ2v) is 4.47. The molecule has 0 radical (unpaired) electrons. The van der Waals surface area contributed by atoms with Crippen LogP contribution in [-0.4, -0.2) is 15.8 Å². The molecule has 0 aliphatic rings. The summed E-state index contributed by atoms with van der Waals surface area (Å²) in [4.78, 5) is 0. The lowest BCUT2D eigenvalue weighted by molar-refractivity contribution is 0.538. The molecule has 1 N–H and O–H groups in total. The van der Waals surface area contributed by atoms with Gasteiger partial charge in [0.05, 0.1) is 0 Å². The van der Waals surface area contributed by atoms with Crippen molar-refractivity contribution in [1.29, 1.82) is 0 Å². The molecule has 80 valence electrons. The van der Waals surface area contributed by atoms with E-state index < -0.39 is 0 Å². The summed E-state index contributed by atoms with van der Waals surface area (Å²) >= 11 is 0. The van der Waals surface area contributed by atoms with Gasteiger partial charge in [-0.2, -0.15) is 5.10 Å². The topological polar surface area (TPSA) is 29.9 Å². The maximum absolute atomic E-state index is 4.36. The fourth-order valence-corrected chi connectivity index (χ4v) is 1.65. The molecule has 0 amide bonds. The minimum atomic E-state index is 0.490. The van der Waals surface area contributed by atoms with Crippen LogP contribution in [-0.2, 0) is 7.05 Å². The van der Waals surface area contributed by atoms with Crippen LogP contribution in [0.4, 0.5) is 5.82 Å². The monoisotopic (exact) mass is 195 g/mol. The smallest absolute Gasteiger partial charge is 0.148 e. The molecule has 14 heavy (non-hydrogen) atoms. The summed E-state index contributed by atoms with van der Waals surface area (Å²) in [5, 5.41) is 7.77. The van der Waals surface area contributed by atoms with Crippen LogP contribution in [0.1, 0.15) is 32.9 Å². The summed E-state index contributed by atoms with van der Waals surface area (Å²) in [6, 6.07) is 2.57. The van der Waals surface area contributed by atoms with Gasteiger partial charge in [-0.1, -0.05) is 13.8 Å². The summed E-state index contributed by atoms with van der Waals surface area (Å²) in [5.41, 5.74) is 1.18. The van der Waals surface area contributed by atoms with Crippen LogP contribution in [0.3, 0.4) is 0 Å². The lowest BCUT2D eigenvalue weighted by Gasteiger charge is -2.14. The van der Waals surface area contributed by atoms with Crippen LogP contribution in [0.25, 0.3) is 0 Å². The Hall–Kier alpha value is -0.990. The number of nitrogens with zero attached hydrogens (tertiary/aromatic N) is 2.